The summed E-state index contributed by atoms with van der Waals surface area (Å²) >= 11 is 3.14. The van der Waals surface area contributed by atoms with Crippen LogP contribution in [0.2, 0.25) is 0 Å². The van der Waals surface area contributed by atoms with Crippen LogP contribution in [0.4, 0.5) is 5.82 Å². The molecule has 0 atom stereocenters. The molecule has 2 rings (SSSR count). The van der Waals surface area contributed by atoms with E-state index in [1.165, 1.54) is 6.33 Å². The van der Waals surface area contributed by atoms with Crippen LogP contribution in [-0.4, -0.2) is 15.0 Å². The van der Waals surface area contributed by atoms with Gasteiger partial charge in [-0.25, -0.2) is 9.97 Å². The van der Waals surface area contributed by atoms with E-state index in [0.29, 0.717) is 22.7 Å². The van der Waals surface area contributed by atoms with Crippen molar-refractivity contribution in [3.05, 3.63) is 39.0 Å². The molecule has 6 nitrogen and oxygen atoms in total. The van der Waals surface area contributed by atoms with Crippen LogP contribution < -0.4 is 10.9 Å². The summed E-state index contributed by atoms with van der Waals surface area (Å²) in [5, 5.41) is 2.95. The third-order valence-electron chi connectivity index (χ3n) is 1.87. The second kappa shape index (κ2) is 4.48. The zero-order valence-corrected chi connectivity index (χ0v) is 10.0. The fourth-order valence-corrected chi connectivity index (χ4v) is 1.51. The number of nitrogens with one attached hydrogen (secondary N) is 2. The number of hydrogen-bond acceptors (Lipinski definition) is 5. The van der Waals surface area contributed by atoms with E-state index in [2.05, 4.69) is 36.2 Å². The van der Waals surface area contributed by atoms with Crippen molar-refractivity contribution in [2.45, 2.75) is 13.5 Å². The largest absolute Gasteiger partial charge is 0.444 e. The lowest BCUT2D eigenvalue weighted by molar-refractivity contribution is 0.478. The summed E-state index contributed by atoms with van der Waals surface area (Å²) in [6.45, 7) is 2.20. The molecule has 0 bridgehead atoms. The van der Waals surface area contributed by atoms with Crippen molar-refractivity contribution in [2.24, 2.45) is 0 Å². The van der Waals surface area contributed by atoms with E-state index in [4.69, 9.17) is 4.42 Å². The number of aryl methyl sites for hydroxylation is 1. The number of oxazole rings is 1. The fourth-order valence-electron chi connectivity index (χ4n) is 1.15. The average Bonchev–Trinajstić information content (AvgIpc) is 2.67. The van der Waals surface area contributed by atoms with Crippen molar-refractivity contribution >= 4 is 21.7 Å². The van der Waals surface area contributed by atoms with Crippen LogP contribution in [-0.2, 0) is 6.54 Å². The van der Waals surface area contributed by atoms with E-state index in [1.54, 1.807) is 6.20 Å². The maximum atomic E-state index is 11.2. The lowest BCUT2D eigenvalue weighted by Gasteiger charge is -2.03. The number of halogens is 1. The zero-order chi connectivity index (χ0) is 11.5. The molecule has 0 aliphatic carbocycles. The maximum absolute atomic E-state index is 11.2. The van der Waals surface area contributed by atoms with Gasteiger partial charge in [-0.15, -0.1) is 0 Å². The highest BCUT2D eigenvalue weighted by Crippen LogP contribution is 2.14. The zero-order valence-electron chi connectivity index (χ0n) is 8.45. The predicted octanol–water partition coefficient (Wildman–Crippen LogP) is 1.44. The third-order valence-corrected chi connectivity index (χ3v) is 2.61. The normalized spacial score (nSPS) is 10.4. The van der Waals surface area contributed by atoms with Crippen LogP contribution in [0.3, 0.4) is 0 Å². The Kier molecular flexibility index (Phi) is 3.04. The second-order valence-electron chi connectivity index (χ2n) is 3.11. The first-order valence-corrected chi connectivity index (χ1v) is 5.34. The maximum Gasteiger partial charge on any atom is 0.267 e. The first kappa shape index (κ1) is 10.9. The second-order valence-corrected chi connectivity index (χ2v) is 3.91. The molecule has 2 aromatic rings. The molecule has 2 N–H and O–H groups in total. The highest BCUT2D eigenvalue weighted by Gasteiger charge is 2.06. The van der Waals surface area contributed by atoms with Gasteiger partial charge in [0.25, 0.3) is 5.56 Å². The number of hydrogen-bond donors (Lipinski definition) is 2. The monoisotopic (exact) mass is 284 g/mol. The van der Waals surface area contributed by atoms with Crippen molar-refractivity contribution in [2.75, 3.05) is 5.32 Å². The molecular formula is C9H9BrN4O2. The molecule has 0 aliphatic heterocycles. The van der Waals surface area contributed by atoms with Gasteiger partial charge in [-0.1, -0.05) is 0 Å². The molecule has 0 radical (unpaired) electrons. The summed E-state index contributed by atoms with van der Waals surface area (Å²) in [6, 6.07) is 0. The van der Waals surface area contributed by atoms with E-state index in [0.717, 1.165) is 5.76 Å². The number of H-pyrrole nitrogens is 1. The first-order chi connectivity index (χ1) is 7.66. The standard InChI is InChI=1S/C9H9BrN4O2/c1-5-2-11-6(16-5)3-12-8-7(10)9(15)14-4-13-8/h2,4H,3H2,1H3,(H2,12,13,14,15). The molecule has 2 heterocycles. The van der Waals surface area contributed by atoms with Crippen LogP contribution in [0.1, 0.15) is 11.7 Å². The van der Waals surface area contributed by atoms with Crippen LogP contribution in [0.5, 0.6) is 0 Å². The lowest BCUT2D eigenvalue weighted by Crippen LogP contribution is -2.12. The predicted molar refractivity (Wildman–Crippen MR) is 61.1 cm³/mol. The summed E-state index contributed by atoms with van der Waals surface area (Å²) in [5.41, 5.74) is -0.235. The Morgan fingerprint density at radius 1 is 1.56 bits per heavy atom. The Labute approximate surface area is 99.3 Å². The molecule has 0 saturated heterocycles. The van der Waals surface area contributed by atoms with Crippen molar-refractivity contribution in [1.29, 1.82) is 0 Å². The highest BCUT2D eigenvalue weighted by molar-refractivity contribution is 9.10. The van der Waals surface area contributed by atoms with Gasteiger partial charge < -0.3 is 14.7 Å². The molecule has 0 aromatic carbocycles. The number of aromatic nitrogens is 3. The molecule has 0 saturated carbocycles. The average molecular weight is 285 g/mol. The molecular weight excluding hydrogens is 276 g/mol. The van der Waals surface area contributed by atoms with Gasteiger partial charge in [-0.3, -0.25) is 4.79 Å². The van der Waals surface area contributed by atoms with Gasteiger partial charge in [0.15, 0.2) is 0 Å². The quantitative estimate of drug-likeness (QED) is 0.891. The highest BCUT2D eigenvalue weighted by atomic mass is 79.9. The number of aromatic amines is 1. The minimum atomic E-state index is -0.235. The van der Waals surface area contributed by atoms with Crippen molar-refractivity contribution < 1.29 is 4.42 Å². The Morgan fingerprint density at radius 2 is 2.38 bits per heavy atom. The van der Waals surface area contributed by atoms with Crippen molar-refractivity contribution in [3.63, 3.8) is 0 Å². The Balaban J connectivity index is 2.10. The van der Waals surface area contributed by atoms with Gasteiger partial charge in [0.05, 0.1) is 19.1 Å². The van der Waals surface area contributed by atoms with Gasteiger partial charge in [0.2, 0.25) is 5.89 Å². The molecule has 0 spiro atoms. The van der Waals surface area contributed by atoms with E-state index in [1.807, 2.05) is 6.92 Å². The van der Waals surface area contributed by atoms with Crippen LogP contribution in [0.15, 0.2) is 26.2 Å². The van der Waals surface area contributed by atoms with Gasteiger partial charge in [-0.05, 0) is 22.9 Å². The molecule has 2 aromatic heterocycles. The third kappa shape index (κ3) is 2.30. The minimum Gasteiger partial charge on any atom is -0.444 e. The summed E-state index contributed by atoms with van der Waals surface area (Å²) < 4.78 is 5.63. The first-order valence-electron chi connectivity index (χ1n) is 4.55. The molecule has 0 unspecified atom stereocenters. The summed E-state index contributed by atoms with van der Waals surface area (Å²) in [4.78, 5) is 21.7. The van der Waals surface area contributed by atoms with Gasteiger partial charge >= 0.3 is 0 Å². The molecule has 16 heavy (non-hydrogen) atoms. The number of rotatable bonds is 3. The Bertz CT molecular complexity index is 548. The number of nitrogens with zero attached hydrogens (tertiary/aromatic N) is 2. The van der Waals surface area contributed by atoms with E-state index < -0.39 is 0 Å². The molecule has 0 fully saturated rings. The molecule has 84 valence electrons. The Hall–Kier alpha value is -1.63. The molecule has 0 amide bonds. The van der Waals surface area contributed by atoms with E-state index >= 15 is 0 Å². The lowest BCUT2D eigenvalue weighted by atomic mass is 10.5. The summed E-state index contributed by atoms with van der Waals surface area (Å²) in [7, 11) is 0. The topological polar surface area (TPSA) is 83.8 Å². The summed E-state index contributed by atoms with van der Waals surface area (Å²) in [5.74, 6) is 1.75. The van der Waals surface area contributed by atoms with E-state index in [-0.39, 0.29) is 5.56 Å². The fraction of sp³-hybridized carbons (Fsp3) is 0.222. The van der Waals surface area contributed by atoms with Crippen LogP contribution in [0, 0.1) is 6.92 Å². The smallest absolute Gasteiger partial charge is 0.267 e. The SMILES string of the molecule is Cc1cnc(CNc2nc[nH]c(=O)c2Br)o1. The van der Waals surface area contributed by atoms with E-state index in [9.17, 15) is 4.79 Å². The van der Waals surface area contributed by atoms with Gasteiger partial charge in [-0.2, -0.15) is 0 Å². The minimum absolute atomic E-state index is 0.235. The Morgan fingerprint density at radius 3 is 3.06 bits per heavy atom. The van der Waals surface area contributed by atoms with Crippen molar-refractivity contribution in [3.8, 4) is 0 Å². The van der Waals surface area contributed by atoms with Gasteiger partial charge in [0.1, 0.15) is 16.1 Å². The van der Waals surface area contributed by atoms with Crippen molar-refractivity contribution in [1.82, 2.24) is 15.0 Å². The van der Waals surface area contributed by atoms with Crippen LogP contribution in [0.25, 0.3) is 0 Å². The van der Waals surface area contributed by atoms with Crippen LogP contribution >= 0.6 is 15.9 Å². The number of anilines is 1. The van der Waals surface area contributed by atoms with Gasteiger partial charge in [0, 0.05) is 0 Å². The molecule has 0 aliphatic rings. The molecule has 7 heteroatoms. The summed E-state index contributed by atoms with van der Waals surface area (Å²) in [6.07, 6.45) is 2.97.